The first-order valence-electron chi connectivity index (χ1n) is 4.81. The maximum absolute atomic E-state index is 11.1. The Hall–Kier alpha value is -1.07. The minimum atomic E-state index is -0.477. The van der Waals surface area contributed by atoms with Gasteiger partial charge in [0.2, 0.25) is 0 Å². The third kappa shape index (κ3) is 4.02. The molecule has 0 atom stereocenters. The Bertz CT molecular complexity index is 410. The number of aldehydes is 1. The van der Waals surface area contributed by atoms with Crippen molar-refractivity contribution < 1.29 is 19.1 Å². The molecule has 0 spiro atoms. The lowest BCUT2D eigenvalue weighted by Crippen LogP contribution is -2.15. The first-order valence-corrected chi connectivity index (χ1v) is 5.98. The van der Waals surface area contributed by atoms with E-state index in [0.29, 0.717) is 28.7 Å². The Kier molecular flexibility index (Phi) is 5.44. The summed E-state index contributed by atoms with van der Waals surface area (Å²) in [5.74, 6) is -0.166. The van der Waals surface area contributed by atoms with Crippen LogP contribution in [0.4, 0.5) is 0 Å². The lowest BCUT2D eigenvalue weighted by molar-refractivity contribution is -0.145. The van der Waals surface area contributed by atoms with Crippen LogP contribution in [0.1, 0.15) is 17.3 Å². The minimum absolute atomic E-state index is 0.230. The molecule has 1 aromatic rings. The van der Waals surface area contributed by atoms with E-state index >= 15 is 0 Å². The van der Waals surface area contributed by atoms with Crippen molar-refractivity contribution in [1.29, 1.82) is 0 Å². The Morgan fingerprint density at radius 1 is 1.53 bits per heavy atom. The van der Waals surface area contributed by atoms with Gasteiger partial charge in [-0.3, -0.25) is 4.79 Å². The van der Waals surface area contributed by atoms with Gasteiger partial charge in [-0.05, 0) is 35.0 Å². The molecule has 0 saturated heterocycles. The van der Waals surface area contributed by atoms with E-state index in [1.54, 1.807) is 13.0 Å². The fraction of sp³-hybridized carbons (Fsp3) is 0.273. The van der Waals surface area contributed by atoms with Gasteiger partial charge in [0.05, 0.1) is 16.1 Å². The maximum Gasteiger partial charge on any atom is 0.344 e. The van der Waals surface area contributed by atoms with Crippen LogP contribution in [-0.2, 0) is 9.53 Å². The molecule has 0 fully saturated rings. The van der Waals surface area contributed by atoms with Crippen molar-refractivity contribution in [3.05, 3.63) is 27.2 Å². The first-order chi connectivity index (χ1) is 8.08. The summed E-state index contributed by atoms with van der Waals surface area (Å²) < 4.78 is 10.4. The van der Waals surface area contributed by atoms with Crippen molar-refractivity contribution in [1.82, 2.24) is 0 Å². The van der Waals surface area contributed by atoms with Crippen LogP contribution < -0.4 is 4.74 Å². The molecule has 6 heteroatoms. The molecular formula is C11H10BrClO4. The number of carbonyl (C=O) groups is 2. The SMILES string of the molecule is CCOC(=O)COc1c(Cl)cc(C=O)cc1Br. The molecule has 0 saturated carbocycles. The summed E-state index contributed by atoms with van der Waals surface area (Å²) in [4.78, 5) is 21.7. The van der Waals surface area contributed by atoms with E-state index in [-0.39, 0.29) is 11.6 Å². The summed E-state index contributed by atoms with van der Waals surface area (Å²) in [6.07, 6.45) is 0.672. The first kappa shape index (κ1) is 14.0. The highest BCUT2D eigenvalue weighted by Gasteiger charge is 2.11. The Morgan fingerprint density at radius 2 is 2.24 bits per heavy atom. The van der Waals surface area contributed by atoms with Crippen LogP contribution in [0.25, 0.3) is 0 Å². The zero-order chi connectivity index (χ0) is 12.8. The predicted octanol–water partition coefficient (Wildman–Crippen LogP) is 2.86. The summed E-state index contributed by atoms with van der Waals surface area (Å²) in [6.45, 7) is 1.77. The van der Waals surface area contributed by atoms with Crippen LogP contribution in [0.15, 0.2) is 16.6 Å². The normalized spacial score (nSPS) is 9.82. The molecule has 0 aliphatic heterocycles. The van der Waals surface area contributed by atoms with Crippen molar-refractivity contribution >= 4 is 39.8 Å². The summed E-state index contributed by atoms with van der Waals surface area (Å²) >= 11 is 9.12. The van der Waals surface area contributed by atoms with Crippen molar-refractivity contribution in [2.45, 2.75) is 6.92 Å². The van der Waals surface area contributed by atoms with Gasteiger partial charge >= 0.3 is 5.97 Å². The number of esters is 1. The van der Waals surface area contributed by atoms with Gasteiger partial charge in [-0.25, -0.2) is 4.79 Å². The number of benzene rings is 1. The van der Waals surface area contributed by atoms with Crippen LogP contribution in [0.5, 0.6) is 5.75 Å². The second-order valence-electron chi connectivity index (χ2n) is 3.03. The van der Waals surface area contributed by atoms with Gasteiger partial charge in [0.1, 0.15) is 6.29 Å². The van der Waals surface area contributed by atoms with E-state index in [1.807, 2.05) is 0 Å². The fourth-order valence-electron chi connectivity index (χ4n) is 1.12. The van der Waals surface area contributed by atoms with Gasteiger partial charge in [-0.15, -0.1) is 0 Å². The summed E-state index contributed by atoms with van der Waals surface area (Å²) in [5, 5.41) is 0.255. The molecule has 4 nitrogen and oxygen atoms in total. The van der Waals surface area contributed by atoms with Crippen LogP contribution in [-0.4, -0.2) is 25.5 Å². The number of halogens is 2. The molecule has 0 unspecified atom stereocenters. The molecule has 0 radical (unpaired) electrons. The average Bonchev–Trinajstić information content (AvgIpc) is 2.28. The van der Waals surface area contributed by atoms with E-state index in [4.69, 9.17) is 21.1 Å². The Balaban J connectivity index is 2.78. The van der Waals surface area contributed by atoms with Crippen molar-refractivity contribution in [2.75, 3.05) is 13.2 Å². The van der Waals surface area contributed by atoms with Gasteiger partial charge in [0, 0.05) is 5.56 Å². The van der Waals surface area contributed by atoms with Gasteiger partial charge in [-0.1, -0.05) is 11.6 Å². The highest BCUT2D eigenvalue weighted by molar-refractivity contribution is 9.10. The molecule has 92 valence electrons. The lowest BCUT2D eigenvalue weighted by atomic mass is 10.2. The smallest absolute Gasteiger partial charge is 0.344 e. The number of hydrogen-bond donors (Lipinski definition) is 0. The largest absolute Gasteiger partial charge is 0.479 e. The second-order valence-corrected chi connectivity index (χ2v) is 4.29. The second kappa shape index (κ2) is 6.61. The van der Waals surface area contributed by atoms with E-state index < -0.39 is 5.97 Å². The third-order valence-corrected chi connectivity index (χ3v) is 2.67. The quantitative estimate of drug-likeness (QED) is 0.618. The average molecular weight is 322 g/mol. The fourth-order valence-corrected chi connectivity index (χ4v) is 2.11. The van der Waals surface area contributed by atoms with Crippen LogP contribution >= 0.6 is 27.5 Å². The predicted molar refractivity (Wildman–Crippen MR) is 66.7 cm³/mol. The number of ether oxygens (including phenoxy) is 2. The highest BCUT2D eigenvalue weighted by Crippen LogP contribution is 2.34. The lowest BCUT2D eigenvalue weighted by Gasteiger charge is -2.09. The van der Waals surface area contributed by atoms with Gasteiger partial charge < -0.3 is 9.47 Å². The van der Waals surface area contributed by atoms with Crippen LogP contribution in [0, 0.1) is 0 Å². The van der Waals surface area contributed by atoms with E-state index in [1.165, 1.54) is 6.07 Å². The number of rotatable bonds is 5. The molecule has 1 rings (SSSR count). The van der Waals surface area contributed by atoms with E-state index in [0.717, 1.165) is 0 Å². The molecule has 0 amide bonds. The molecular weight excluding hydrogens is 311 g/mol. The molecule has 17 heavy (non-hydrogen) atoms. The molecule has 0 bridgehead atoms. The van der Waals surface area contributed by atoms with Gasteiger partial charge in [0.25, 0.3) is 0 Å². The number of hydrogen-bond acceptors (Lipinski definition) is 4. The Morgan fingerprint density at radius 3 is 2.76 bits per heavy atom. The summed E-state index contributed by atoms with van der Waals surface area (Å²) in [6, 6.07) is 3.01. The maximum atomic E-state index is 11.1. The van der Waals surface area contributed by atoms with Crippen molar-refractivity contribution in [3.8, 4) is 5.75 Å². The topological polar surface area (TPSA) is 52.6 Å². The summed E-state index contributed by atoms with van der Waals surface area (Å²) in [5.41, 5.74) is 0.422. The third-order valence-electron chi connectivity index (χ3n) is 1.80. The monoisotopic (exact) mass is 320 g/mol. The Labute approximate surface area is 112 Å². The van der Waals surface area contributed by atoms with Crippen molar-refractivity contribution in [2.24, 2.45) is 0 Å². The highest BCUT2D eigenvalue weighted by atomic mass is 79.9. The molecule has 0 heterocycles. The molecule has 0 aliphatic carbocycles. The molecule has 0 aromatic heterocycles. The van der Waals surface area contributed by atoms with E-state index in [2.05, 4.69) is 15.9 Å². The zero-order valence-electron chi connectivity index (χ0n) is 9.04. The van der Waals surface area contributed by atoms with Crippen molar-refractivity contribution in [3.63, 3.8) is 0 Å². The molecule has 0 N–H and O–H groups in total. The van der Waals surface area contributed by atoms with Crippen LogP contribution in [0.2, 0.25) is 5.02 Å². The zero-order valence-corrected chi connectivity index (χ0v) is 11.4. The standard InChI is InChI=1S/C11H10BrClO4/c1-2-16-10(15)6-17-11-8(12)3-7(5-14)4-9(11)13/h3-5H,2,6H2,1H3. The van der Waals surface area contributed by atoms with Crippen LogP contribution in [0.3, 0.4) is 0 Å². The summed E-state index contributed by atoms with van der Waals surface area (Å²) in [7, 11) is 0. The van der Waals surface area contributed by atoms with Gasteiger partial charge in [-0.2, -0.15) is 0 Å². The molecule has 1 aromatic carbocycles. The minimum Gasteiger partial charge on any atom is -0.479 e. The molecule has 0 aliphatic rings. The van der Waals surface area contributed by atoms with Gasteiger partial charge in [0.15, 0.2) is 12.4 Å². The van der Waals surface area contributed by atoms with E-state index in [9.17, 15) is 9.59 Å². The number of carbonyl (C=O) groups excluding carboxylic acids is 2.